The van der Waals surface area contributed by atoms with Crippen molar-refractivity contribution in [3.63, 3.8) is 0 Å². The van der Waals surface area contributed by atoms with E-state index < -0.39 is 11.8 Å². The summed E-state index contributed by atoms with van der Waals surface area (Å²) >= 11 is 3.06. The first kappa shape index (κ1) is 11.7. The quantitative estimate of drug-likeness (QED) is 0.775. The van der Waals surface area contributed by atoms with Crippen molar-refractivity contribution >= 4 is 21.9 Å². The van der Waals surface area contributed by atoms with Gasteiger partial charge in [0.2, 0.25) is 0 Å². The Balaban J connectivity index is 3.05. The molecular formula is C10H7BrFNO2. The predicted octanol–water partition coefficient (Wildman–Crippen LogP) is 2.18. The van der Waals surface area contributed by atoms with Gasteiger partial charge in [-0.2, -0.15) is 5.26 Å². The van der Waals surface area contributed by atoms with Crippen molar-refractivity contribution in [1.82, 2.24) is 0 Å². The minimum absolute atomic E-state index is 0.0161. The van der Waals surface area contributed by atoms with Gasteiger partial charge in [0.25, 0.3) is 0 Å². The summed E-state index contributed by atoms with van der Waals surface area (Å²) in [5.41, 5.74) is 0.397. The number of esters is 1. The number of methoxy groups -OCH3 is 1. The molecule has 0 aliphatic carbocycles. The minimum atomic E-state index is -0.647. The molecule has 0 N–H and O–H groups in total. The highest BCUT2D eigenvalue weighted by Gasteiger charge is 2.11. The summed E-state index contributed by atoms with van der Waals surface area (Å²) in [4.78, 5) is 10.9. The highest BCUT2D eigenvalue weighted by Crippen LogP contribution is 2.21. The summed E-state index contributed by atoms with van der Waals surface area (Å²) in [5.74, 6) is -1.10. The van der Waals surface area contributed by atoms with Crippen LogP contribution in [0.2, 0.25) is 0 Å². The number of halogens is 2. The second-order valence-corrected chi connectivity index (χ2v) is 3.65. The molecule has 0 saturated heterocycles. The van der Waals surface area contributed by atoms with Crippen molar-refractivity contribution in [3.05, 3.63) is 33.5 Å². The Hall–Kier alpha value is -1.41. The Bertz CT molecular complexity index is 417. The van der Waals surface area contributed by atoms with Gasteiger partial charge < -0.3 is 4.74 Å². The van der Waals surface area contributed by atoms with Gasteiger partial charge in [-0.15, -0.1) is 0 Å². The second kappa shape index (κ2) is 4.89. The molecule has 1 aromatic carbocycles. The monoisotopic (exact) mass is 271 g/mol. The zero-order valence-electron chi connectivity index (χ0n) is 7.88. The molecule has 0 bridgehead atoms. The fourth-order valence-electron chi connectivity index (χ4n) is 1.07. The molecule has 0 atom stereocenters. The van der Waals surface area contributed by atoms with Crippen molar-refractivity contribution in [3.8, 4) is 6.07 Å². The second-order valence-electron chi connectivity index (χ2n) is 2.80. The highest BCUT2D eigenvalue weighted by molar-refractivity contribution is 9.10. The van der Waals surface area contributed by atoms with Crippen LogP contribution in [-0.4, -0.2) is 13.1 Å². The number of hydrogen-bond acceptors (Lipinski definition) is 3. The summed E-state index contributed by atoms with van der Waals surface area (Å²) in [5, 5.41) is 8.61. The third kappa shape index (κ3) is 2.77. The van der Waals surface area contributed by atoms with Crippen LogP contribution in [0.25, 0.3) is 0 Å². The normalized spacial score (nSPS) is 9.47. The summed E-state index contributed by atoms with van der Waals surface area (Å²) in [6, 6.07) is 4.40. The van der Waals surface area contributed by atoms with E-state index in [2.05, 4.69) is 20.7 Å². The number of hydrogen-bond donors (Lipinski definition) is 0. The van der Waals surface area contributed by atoms with E-state index in [-0.39, 0.29) is 12.0 Å². The van der Waals surface area contributed by atoms with Gasteiger partial charge >= 0.3 is 5.97 Å². The first-order chi connectivity index (χ1) is 7.08. The first-order valence-corrected chi connectivity index (χ1v) is 4.82. The largest absolute Gasteiger partial charge is 0.469 e. The zero-order valence-corrected chi connectivity index (χ0v) is 9.47. The summed E-state index contributed by atoms with van der Waals surface area (Å²) in [7, 11) is 1.26. The molecule has 0 aromatic heterocycles. The van der Waals surface area contributed by atoms with Crippen LogP contribution >= 0.6 is 15.9 Å². The fourth-order valence-corrected chi connectivity index (χ4v) is 1.65. The number of carbonyl (C=O) groups excluding carboxylic acids is 1. The number of rotatable bonds is 2. The number of carbonyl (C=O) groups is 1. The standard InChI is InChI=1S/C10H7BrFNO2/c1-15-10(14)4-6-2-8(11)7(5-13)9(12)3-6/h2-3H,4H2,1H3. The first-order valence-electron chi connectivity index (χ1n) is 4.03. The maximum atomic E-state index is 13.3. The maximum absolute atomic E-state index is 13.3. The van der Waals surface area contributed by atoms with E-state index >= 15 is 0 Å². The molecule has 0 amide bonds. The van der Waals surface area contributed by atoms with E-state index in [0.29, 0.717) is 10.0 Å². The topological polar surface area (TPSA) is 50.1 Å². The molecule has 0 radical (unpaired) electrons. The van der Waals surface area contributed by atoms with Gasteiger partial charge in [-0.05, 0) is 33.6 Å². The van der Waals surface area contributed by atoms with Crippen LogP contribution < -0.4 is 0 Å². The molecule has 78 valence electrons. The Morgan fingerprint density at radius 3 is 2.80 bits per heavy atom. The molecular weight excluding hydrogens is 265 g/mol. The molecule has 3 nitrogen and oxygen atoms in total. The average Bonchev–Trinajstić information content (AvgIpc) is 2.17. The molecule has 0 aliphatic rings. The van der Waals surface area contributed by atoms with Gasteiger partial charge in [-0.1, -0.05) is 0 Å². The predicted molar refractivity (Wildman–Crippen MR) is 54.5 cm³/mol. The van der Waals surface area contributed by atoms with E-state index in [9.17, 15) is 9.18 Å². The number of nitrogens with zero attached hydrogens (tertiary/aromatic N) is 1. The van der Waals surface area contributed by atoms with Crippen LogP contribution in [0.5, 0.6) is 0 Å². The molecule has 15 heavy (non-hydrogen) atoms. The molecule has 0 spiro atoms. The Morgan fingerprint density at radius 2 is 2.33 bits per heavy atom. The van der Waals surface area contributed by atoms with Crippen LogP contribution in [0.15, 0.2) is 16.6 Å². The molecule has 5 heteroatoms. The number of nitriles is 1. The summed E-state index contributed by atoms with van der Waals surface area (Å²) in [6.45, 7) is 0. The van der Waals surface area contributed by atoms with E-state index in [1.54, 1.807) is 6.07 Å². The lowest BCUT2D eigenvalue weighted by Crippen LogP contribution is -2.05. The molecule has 0 unspecified atom stereocenters. The number of ether oxygens (including phenoxy) is 1. The zero-order chi connectivity index (χ0) is 11.4. The van der Waals surface area contributed by atoms with Crippen LogP contribution in [-0.2, 0) is 16.0 Å². The van der Waals surface area contributed by atoms with Gasteiger partial charge in [-0.3, -0.25) is 4.79 Å². The Morgan fingerprint density at radius 1 is 1.67 bits per heavy atom. The molecule has 1 aromatic rings. The number of benzene rings is 1. The lowest BCUT2D eigenvalue weighted by Gasteiger charge is -2.03. The van der Waals surface area contributed by atoms with Crippen molar-refractivity contribution in [2.45, 2.75) is 6.42 Å². The Labute approximate surface area is 94.6 Å². The Kier molecular flexibility index (Phi) is 3.81. The van der Waals surface area contributed by atoms with Crippen molar-refractivity contribution in [2.75, 3.05) is 7.11 Å². The van der Waals surface area contributed by atoms with Crippen LogP contribution in [0.3, 0.4) is 0 Å². The maximum Gasteiger partial charge on any atom is 0.309 e. The van der Waals surface area contributed by atoms with E-state index in [1.807, 2.05) is 0 Å². The fraction of sp³-hybridized carbons (Fsp3) is 0.200. The third-order valence-electron chi connectivity index (χ3n) is 1.79. The van der Waals surface area contributed by atoms with E-state index in [4.69, 9.17) is 5.26 Å². The smallest absolute Gasteiger partial charge is 0.309 e. The third-order valence-corrected chi connectivity index (χ3v) is 2.42. The van der Waals surface area contributed by atoms with E-state index in [1.165, 1.54) is 13.2 Å². The van der Waals surface area contributed by atoms with Gasteiger partial charge in [0, 0.05) is 4.47 Å². The van der Waals surface area contributed by atoms with Crippen molar-refractivity contribution in [2.24, 2.45) is 0 Å². The van der Waals surface area contributed by atoms with Gasteiger partial charge in [-0.25, -0.2) is 4.39 Å². The van der Waals surface area contributed by atoms with Crippen LogP contribution in [0, 0.1) is 17.1 Å². The van der Waals surface area contributed by atoms with Crippen molar-refractivity contribution in [1.29, 1.82) is 5.26 Å². The molecule has 0 aliphatic heterocycles. The summed E-state index contributed by atoms with van der Waals surface area (Å²) < 4.78 is 18.0. The van der Waals surface area contributed by atoms with Crippen LogP contribution in [0.1, 0.15) is 11.1 Å². The lowest BCUT2D eigenvalue weighted by atomic mass is 10.1. The van der Waals surface area contributed by atoms with Crippen LogP contribution in [0.4, 0.5) is 4.39 Å². The molecule has 1 rings (SSSR count). The molecule has 0 saturated carbocycles. The SMILES string of the molecule is COC(=O)Cc1cc(F)c(C#N)c(Br)c1. The minimum Gasteiger partial charge on any atom is -0.469 e. The average molecular weight is 272 g/mol. The van der Waals surface area contributed by atoms with Gasteiger partial charge in [0.05, 0.1) is 13.5 Å². The highest BCUT2D eigenvalue weighted by atomic mass is 79.9. The van der Waals surface area contributed by atoms with Gasteiger partial charge in [0.1, 0.15) is 17.4 Å². The van der Waals surface area contributed by atoms with E-state index in [0.717, 1.165) is 6.07 Å². The molecule has 0 fully saturated rings. The summed E-state index contributed by atoms with van der Waals surface area (Å²) in [6.07, 6.45) is -0.0161. The van der Waals surface area contributed by atoms with Gasteiger partial charge in [0.15, 0.2) is 0 Å². The molecule has 0 heterocycles. The van der Waals surface area contributed by atoms with Crippen molar-refractivity contribution < 1.29 is 13.9 Å². The lowest BCUT2D eigenvalue weighted by molar-refractivity contribution is -0.139.